The molecule has 2 heterocycles. The van der Waals surface area contributed by atoms with Crippen LogP contribution < -0.4 is 10.1 Å². The Morgan fingerprint density at radius 2 is 1.97 bits per heavy atom. The SMILES string of the molecule is CC(C)c1ccccc1C1(C(=O)Nc2cccnc2OC(F)F)CC(=O)N(C)C1. The number of hydrogen-bond donors (Lipinski definition) is 1. The van der Waals surface area contributed by atoms with Gasteiger partial charge in [-0.3, -0.25) is 9.59 Å². The average Bonchev–Trinajstić information content (AvgIpc) is 2.98. The zero-order valence-electron chi connectivity index (χ0n) is 16.5. The van der Waals surface area contributed by atoms with E-state index in [9.17, 15) is 18.4 Å². The summed E-state index contributed by atoms with van der Waals surface area (Å²) in [7, 11) is 1.64. The van der Waals surface area contributed by atoms with Crippen molar-refractivity contribution >= 4 is 17.5 Å². The molecule has 0 radical (unpaired) electrons. The summed E-state index contributed by atoms with van der Waals surface area (Å²) < 4.78 is 29.8. The van der Waals surface area contributed by atoms with Gasteiger partial charge in [0.1, 0.15) is 11.1 Å². The maximum Gasteiger partial charge on any atom is 0.388 e. The van der Waals surface area contributed by atoms with Gasteiger partial charge in [0.05, 0.1) is 0 Å². The molecule has 8 heteroatoms. The number of amides is 2. The quantitative estimate of drug-likeness (QED) is 0.801. The van der Waals surface area contributed by atoms with Crippen LogP contribution in [0.1, 0.15) is 37.3 Å². The molecular weight excluding hydrogens is 380 g/mol. The zero-order chi connectivity index (χ0) is 21.2. The predicted molar refractivity (Wildman–Crippen MR) is 104 cm³/mol. The summed E-state index contributed by atoms with van der Waals surface area (Å²) >= 11 is 0. The third kappa shape index (κ3) is 4.06. The van der Waals surface area contributed by atoms with Gasteiger partial charge in [-0.1, -0.05) is 38.1 Å². The van der Waals surface area contributed by atoms with Crippen LogP contribution in [-0.4, -0.2) is 41.9 Å². The molecule has 1 aromatic carbocycles. The standard InChI is InChI=1S/C21H23F2N3O3/c1-13(2)14-7-4-5-8-15(14)21(11-17(27)26(3)12-21)19(28)25-16-9-6-10-24-18(16)29-20(22)23/h4-10,13,20H,11-12H2,1-3H3,(H,25,28). The first-order valence-corrected chi connectivity index (χ1v) is 9.29. The Balaban J connectivity index is 2.04. The fourth-order valence-electron chi connectivity index (χ4n) is 3.74. The van der Waals surface area contributed by atoms with E-state index >= 15 is 0 Å². The van der Waals surface area contributed by atoms with Crippen LogP contribution in [0.2, 0.25) is 0 Å². The summed E-state index contributed by atoms with van der Waals surface area (Å²) in [5.41, 5.74) is 0.595. The first-order valence-electron chi connectivity index (χ1n) is 9.29. The van der Waals surface area contributed by atoms with Crippen molar-refractivity contribution in [3.63, 3.8) is 0 Å². The monoisotopic (exact) mass is 403 g/mol. The van der Waals surface area contributed by atoms with Crippen molar-refractivity contribution < 1.29 is 23.1 Å². The zero-order valence-corrected chi connectivity index (χ0v) is 16.5. The van der Waals surface area contributed by atoms with Crippen molar-refractivity contribution in [1.29, 1.82) is 0 Å². The molecule has 1 unspecified atom stereocenters. The van der Waals surface area contributed by atoms with Crippen LogP contribution in [-0.2, 0) is 15.0 Å². The Kier molecular flexibility index (Phi) is 5.81. The van der Waals surface area contributed by atoms with Gasteiger partial charge in [-0.2, -0.15) is 8.78 Å². The van der Waals surface area contributed by atoms with Crippen molar-refractivity contribution in [2.75, 3.05) is 18.9 Å². The van der Waals surface area contributed by atoms with E-state index in [-0.39, 0.29) is 36.4 Å². The number of likely N-dealkylation sites (N-methyl/N-ethyl adjacent to an activating group) is 1. The Labute approximate surface area is 167 Å². The Bertz CT molecular complexity index is 920. The molecule has 1 aliphatic heterocycles. The number of carbonyl (C=O) groups excluding carboxylic acids is 2. The number of likely N-dealkylation sites (tertiary alicyclic amines) is 1. The molecule has 1 atom stereocenters. The smallest absolute Gasteiger partial charge is 0.388 e. The first-order chi connectivity index (χ1) is 13.7. The molecule has 6 nitrogen and oxygen atoms in total. The number of ether oxygens (including phenoxy) is 1. The summed E-state index contributed by atoms with van der Waals surface area (Å²) in [6, 6.07) is 10.4. The lowest BCUT2D eigenvalue weighted by Gasteiger charge is -2.30. The van der Waals surface area contributed by atoms with Crippen molar-refractivity contribution in [3.05, 3.63) is 53.7 Å². The number of anilines is 1. The highest BCUT2D eigenvalue weighted by atomic mass is 19.3. The van der Waals surface area contributed by atoms with Gasteiger partial charge in [-0.15, -0.1) is 0 Å². The number of benzene rings is 1. The van der Waals surface area contributed by atoms with Crippen LogP contribution in [0.25, 0.3) is 0 Å². The molecule has 2 amide bonds. The summed E-state index contributed by atoms with van der Waals surface area (Å²) in [5, 5.41) is 2.67. The van der Waals surface area contributed by atoms with Gasteiger partial charge >= 0.3 is 6.61 Å². The van der Waals surface area contributed by atoms with E-state index in [1.807, 2.05) is 38.1 Å². The van der Waals surface area contributed by atoms with Gasteiger partial charge in [0, 0.05) is 26.2 Å². The van der Waals surface area contributed by atoms with E-state index in [1.165, 1.54) is 23.2 Å². The minimum absolute atomic E-state index is 0.00956. The highest BCUT2D eigenvalue weighted by molar-refractivity contribution is 6.04. The van der Waals surface area contributed by atoms with Crippen LogP contribution in [0.15, 0.2) is 42.6 Å². The minimum atomic E-state index is -3.07. The number of halogens is 2. The van der Waals surface area contributed by atoms with E-state index in [0.717, 1.165) is 11.1 Å². The third-order valence-electron chi connectivity index (χ3n) is 5.14. The number of hydrogen-bond acceptors (Lipinski definition) is 4. The third-order valence-corrected chi connectivity index (χ3v) is 5.14. The summed E-state index contributed by atoms with van der Waals surface area (Å²) in [6.07, 6.45) is 1.29. The number of alkyl halides is 2. The van der Waals surface area contributed by atoms with Crippen molar-refractivity contribution in [3.8, 4) is 5.88 Å². The fourth-order valence-corrected chi connectivity index (χ4v) is 3.74. The molecule has 1 N–H and O–H groups in total. The lowest BCUT2D eigenvalue weighted by atomic mass is 9.74. The lowest BCUT2D eigenvalue weighted by Crippen LogP contribution is -2.43. The molecule has 154 valence electrons. The maximum atomic E-state index is 13.5. The second kappa shape index (κ2) is 8.14. The molecule has 0 aliphatic carbocycles. The molecule has 1 aromatic heterocycles. The van der Waals surface area contributed by atoms with Gasteiger partial charge in [-0.05, 0) is 29.2 Å². The molecule has 0 bridgehead atoms. The minimum Gasteiger partial charge on any atom is -0.415 e. The molecule has 1 fully saturated rings. The summed E-state index contributed by atoms with van der Waals surface area (Å²) in [4.78, 5) is 31.2. The Hall–Kier alpha value is -3.03. The topological polar surface area (TPSA) is 71.5 Å². The van der Waals surface area contributed by atoms with Crippen LogP contribution in [0, 0.1) is 0 Å². The van der Waals surface area contributed by atoms with Crippen LogP contribution in [0.5, 0.6) is 5.88 Å². The van der Waals surface area contributed by atoms with Gasteiger partial charge in [0.25, 0.3) is 0 Å². The van der Waals surface area contributed by atoms with E-state index in [2.05, 4.69) is 15.0 Å². The van der Waals surface area contributed by atoms with Gasteiger partial charge in [-0.25, -0.2) is 4.98 Å². The van der Waals surface area contributed by atoms with E-state index < -0.39 is 17.9 Å². The molecule has 1 aliphatic rings. The van der Waals surface area contributed by atoms with E-state index in [0.29, 0.717) is 0 Å². The molecule has 1 saturated heterocycles. The average molecular weight is 403 g/mol. The predicted octanol–water partition coefficient (Wildman–Crippen LogP) is 3.55. The summed E-state index contributed by atoms with van der Waals surface area (Å²) in [5.74, 6) is -0.863. The molecule has 29 heavy (non-hydrogen) atoms. The number of nitrogens with zero attached hydrogens (tertiary/aromatic N) is 2. The number of pyridine rings is 1. The maximum absolute atomic E-state index is 13.5. The molecule has 2 aromatic rings. The number of nitrogens with one attached hydrogen (secondary N) is 1. The normalized spacial score (nSPS) is 19.1. The molecule has 0 spiro atoms. The summed E-state index contributed by atoms with van der Waals surface area (Å²) in [6.45, 7) is 1.14. The van der Waals surface area contributed by atoms with E-state index in [1.54, 1.807) is 7.05 Å². The number of carbonyl (C=O) groups is 2. The highest BCUT2D eigenvalue weighted by Gasteiger charge is 2.50. The van der Waals surface area contributed by atoms with Gasteiger partial charge in [0.2, 0.25) is 17.7 Å². The highest BCUT2D eigenvalue weighted by Crippen LogP contribution is 2.40. The second-order valence-electron chi connectivity index (χ2n) is 7.44. The fraction of sp³-hybridized carbons (Fsp3) is 0.381. The van der Waals surface area contributed by atoms with Crippen LogP contribution in [0.3, 0.4) is 0 Å². The van der Waals surface area contributed by atoms with Crippen molar-refractivity contribution in [2.24, 2.45) is 0 Å². The molecule has 3 rings (SSSR count). The first kappa shape index (κ1) is 20.7. The Morgan fingerprint density at radius 1 is 1.24 bits per heavy atom. The van der Waals surface area contributed by atoms with Crippen LogP contribution in [0.4, 0.5) is 14.5 Å². The van der Waals surface area contributed by atoms with Gasteiger partial charge in [0.15, 0.2) is 0 Å². The molecule has 0 saturated carbocycles. The van der Waals surface area contributed by atoms with Crippen molar-refractivity contribution in [2.45, 2.75) is 38.2 Å². The Morgan fingerprint density at radius 3 is 2.59 bits per heavy atom. The largest absolute Gasteiger partial charge is 0.415 e. The van der Waals surface area contributed by atoms with Gasteiger partial charge < -0.3 is 15.0 Å². The van der Waals surface area contributed by atoms with E-state index in [4.69, 9.17) is 0 Å². The van der Waals surface area contributed by atoms with Crippen LogP contribution >= 0.6 is 0 Å². The molecular formula is C21H23F2N3O3. The lowest BCUT2D eigenvalue weighted by molar-refractivity contribution is -0.127. The van der Waals surface area contributed by atoms with Crippen molar-refractivity contribution in [1.82, 2.24) is 9.88 Å². The second-order valence-corrected chi connectivity index (χ2v) is 7.44. The number of rotatable bonds is 6. The number of aromatic nitrogens is 1.